The maximum atomic E-state index is 12.0. The highest BCUT2D eigenvalue weighted by Crippen LogP contribution is 2.31. The summed E-state index contributed by atoms with van der Waals surface area (Å²) in [5, 5.41) is 0. The lowest BCUT2D eigenvalue weighted by atomic mass is 10.3. The molecule has 0 aliphatic rings. The van der Waals surface area contributed by atoms with Gasteiger partial charge in [0.15, 0.2) is 0 Å². The third-order valence-corrected chi connectivity index (χ3v) is 3.16. The second-order valence-corrected chi connectivity index (χ2v) is 6.05. The molecule has 0 atom stereocenters. The average Bonchev–Trinajstić information content (AvgIpc) is 2.84. The number of ketones is 1. The third kappa shape index (κ3) is 1.68. The average molecular weight is 303 g/mol. The van der Waals surface area contributed by atoms with Gasteiger partial charge in [0, 0.05) is 0 Å². The number of nitrogens with one attached hydrogen (secondary N) is 1. The van der Waals surface area contributed by atoms with E-state index in [1.54, 1.807) is 4.40 Å². The molecule has 0 fully saturated rings. The van der Waals surface area contributed by atoms with Crippen molar-refractivity contribution in [3.63, 3.8) is 0 Å². The molecular formula is C11H6Cl3N3O. The fraction of sp³-hybridized carbons (Fsp3) is 0.0909. The lowest BCUT2D eigenvalue weighted by molar-refractivity contribution is 0.0991. The molecule has 0 unspecified atom stereocenters. The van der Waals surface area contributed by atoms with Crippen LogP contribution in [0.15, 0.2) is 30.5 Å². The number of imidazole rings is 2. The number of fused-ring (bicyclic) bond motifs is 3. The van der Waals surface area contributed by atoms with Crippen LogP contribution in [0.2, 0.25) is 0 Å². The van der Waals surface area contributed by atoms with Gasteiger partial charge in [0.25, 0.3) is 3.79 Å². The first kappa shape index (κ1) is 11.8. The Balaban J connectivity index is 2.34. The van der Waals surface area contributed by atoms with E-state index in [9.17, 15) is 4.79 Å². The van der Waals surface area contributed by atoms with Crippen molar-refractivity contribution in [2.45, 2.75) is 3.79 Å². The van der Waals surface area contributed by atoms with E-state index in [0.29, 0.717) is 5.78 Å². The van der Waals surface area contributed by atoms with E-state index in [1.165, 1.54) is 6.20 Å². The quantitative estimate of drug-likeness (QED) is 0.553. The van der Waals surface area contributed by atoms with Crippen LogP contribution in [0.4, 0.5) is 0 Å². The van der Waals surface area contributed by atoms with Gasteiger partial charge >= 0.3 is 0 Å². The first-order valence-electron chi connectivity index (χ1n) is 5.04. The van der Waals surface area contributed by atoms with Crippen LogP contribution in [0.25, 0.3) is 16.8 Å². The molecule has 7 heteroatoms. The van der Waals surface area contributed by atoms with Crippen LogP contribution in [-0.4, -0.2) is 23.9 Å². The molecular weight excluding hydrogens is 296 g/mol. The van der Waals surface area contributed by atoms with Crippen LogP contribution in [-0.2, 0) is 0 Å². The van der Waals surface area contributed by atoms with Gasteiger partial charge in [-0.3, -0.25) is 9.20 Å². The molecule has 1 aromatic carbocycles. The first-order valence-corrected chi connectivity index (χ1v) is 6.17. The number of para-hydroxylation sites is 2. The molecule has 0 amide bonds. The summed E-state index contributed by atoms with van der Waals surface area (Å²) < 4.78 is -0.353. The maximum absolute atomic E-state index is 12.0. The Morgan fingerprint density at radius 3 is 2.72 bits per heavy atom. The van der Waals surface area contributed by atoms with Crippen molar-refractivity contribution in [2.75, 3.05) is 0 Å². The summed E-state index contributed by atoms with van der Waals surface area (Å²) in [4.78, 5) is 19.2. The van der Waals surface area contributed by atoms with Crippen LogP contribution in [0.5, 0.6) is 0 Å². The van der Waals surface area contributed by atoms with E-state index in [0.717, 1.165) is 11.0 Å². The number of carbonyl (C=O) groups excluding carboxylic acids is 1. The summed E-state index contributed by atoms with van der Waals surface area (Å²) in [7, 11) is 0. The molecule has 1 N–H and O–H groups in total. The van der Waals surface area contributed by atoms with E-state index in [1.807, 2.05) is 24.3 Å². The summed E-state index contributed by atoms with van der Waals surface area (Å²) in [6.07, 6.45) is 1.39. The SMILES string of the molecule is O=C(c1cnc2[nH]c3ccccc3n12)C(Cl)(Cl)Cl. The van der Waals surface area contributed by atoms with Crippen LogP contribution in [0.3, 0.4) is 0 Å². The highest BCUT2D eigenvalue weighted by molar-refractivity contribution is 6.77. The minimum Gasteiger partial charge on any atom is -0.323 e. The number of H-pyrrole nitrogens is 1. The Labute approximate surface area is 116 Å². The van der Waals surface area contributed by atoms with E-state index >= 15 is 0 Å². The molecule has 0 aliphatic carbocycles. The van der Waals surface area contributed by atoms with Gasteiger partial charge in [-0.2, -0.15) is 0 Å². The molecule has 0 saturated heterocycles. The number of aromatic nitrogens is 3. The lowest BCUT2D eigenvalue weighted by Crippen LogP contribution is -2.20. The minimum absolute atomic E-state index is 0.238. The largest absolute Gasteiger partial charge is 0.323 e. The van der Waals surface area contributed by atoms with Gasteiger partial charge in [-0.05, 0) is 12.1 Å². The normalized spacial score (nSPS) is 12.4. The van der Waals surface area contributed by atoms with Gasteiger partial charge in [0.1, 0.15) is 5.69 Å². The van der Waals surface area contributed by atoms with E-state index < -0.39 is 9.58 Å². The molecule has 0 bridgehead atoms. The van der Waals surface area contributed by atoms with Crippen LogP contribution in [0, 0.1) is 0 Å². The van der Waals surface area contributed by atoms with Crippen LogP contribution >= 0.6 is 34.8 Å². The Morgan fingerprint density at radius 2 is 2.00 bits per heavy atom. The van der Waals surface area contributed by atoms with Gasteiger partial charge in [0.05, 0.1) is 17.2 Å². The maximum Gasteiger partial charge on any atom is 0.255 e. The number of carbonyl (C=O) groups is 1. The van der Waals surface area contributed by atoms with Crippen molar-refractivity contribution in [3.8, 4) is 0 Å². The molecule has 18 heavy (non-hydrogen) atoms. The van der Waals surface area contributed by atoms with Gasteiger partial charge in [-0.25, -0.2) is 4.98 Å². The van der Waals surface area contributed by atoms with Crippen LogP contribution < -0.4 is 0 Å². The molecule has 3 aromatic rings. The van der Waals surface area contributed by atoms with Crippen LogP contribution in [0.1, 0.15) is 10.5 Å². The van der Waals surface area contributed by atoms with Gasteiger partial charge in [-0.1, -0.05) is 46.9 Å². The molecule has 2 heterocycles. The Kier molecular flexibility index (Phi) is 2.55. The number of hydrogen-bond acceptors (Lipinski definition) is 2. The van der Waals surface area contributed by atoms with E-state index in [4.69, 9.17) is 34.8 Å². The number of alkyl halides is 3. The zero-order valence-corrected chi connectivity index (χ0v) is 11.1. The standard InChI is InChI=1S/C11H6Cl3N3O/c12-11(13,14)9(18)8-5-15-10-16-6-3-1-2-4-7(6)17(8)10/h1-5H,(H,15,16). The molecule has 0 aliphatic heterocycles. The topological polar surface area (TPSA) is 50.2 Å². The summed E-state index contributed by atoms with van der Waals surface area (Å²) in [5.41, 5.74) is 1.91. The zero-order chi connectivity index (χ0) is 12.9. The van der Waals surface area contributed by atoms with Crippen molar-refractivity contribution in [1.82, 2.24) is 14.4 Å². The lowest BCUT2D eigenvalue weighted by Gasteiger charge is -2.07. The Morgan fingerprint density at radius 1 is 1.28 bits per heavy atom. The smallest absolute Gasteiger partial charge is 0.255 e. The van der Waals surface area contributed by atoms with E-state index in [2.05, 4.69) is 9.97 Å². The number of hydrogen-bond donors (Lipinski definition) is 1. The molecule has 2 aromatic heterocycles. The Bertz CT molecular complexity index is 754. The van der Waals surface area contributed by atoms with Crippen molar-refractivity contribution in [3.05, 3.63) is 36.2 Å². The number of halogens is 3. The predicted octanol–water partition coefficient (Wildman–Crippen LogP) is 3.37. The molecule has 92 valence electrons. The second kappa shape index (κ2) is 3.88. The minimum atomic E-state index is -1.99. The molecule has 0 saturated carbocycles. The highest BCUT2D eigenvalue weighted by atomic mass is 35.6. The molecule has 0 radical (unpaired) electrons. The summed E-state index contributed by atoms with van der Waals surface area (Å²) in [6, 6.07) is 7.48. The second-order valence-electron chi connectivity index (χ2n) is 3.77. The highest BCUT2D eigenvalue weighted by Gasteiger charge is 2.34. The fourth-order valence-electron chi connectivity index (χ4n) is 1.88. The predicted molar refractivity (Wildman–Crippen MR) is 71.7 cm³/mol. The third-order valence-electron chi connectivity index (χ3n) is 2.64. The zero-order valence-electron chi connectivity index (χ0n) is 8.82. The molecule has 0 spiro atoms. The molecule has 4 nitrogen and oxygen atoms in total. The van der Waals surface area contributed by atoms with Crippen molar-refractivity contribution in [2.24, 2.45) is 0 Å². The van der Waals surface area contributed by atoms with Gasteiger partial charge < -0.3 is 4.98 Å². The number of benzene rings is 1. The van der Waals surface area contributed by atoms with Gasteiger partial charge in [-0.15, -0.1) is 0 Å². The summed E-state index contributed by atoms with van der Waals surface area (Å²) >= 11 is 16.9. The monoisotopic (exact) mass is 301 g/mol. The van der Waals surface area contributed by atoms with Gasteiger partial charge in [0.2, 0.25) is 11.6 Å². The Hall–Kier alpha value is -1.23. The number of nitrogens with zero attached hydrogens (tertiary/aromatic N) is 2. The summed E-state index contributed by atoms with van der Waals surface area (Å²) in [5.74, 6) is -0.0708. The fourth-order valence-corrected chi connectivity index (χ4v) is 2.17. The van der Waals surface area contributed by atoms with Crippen molar-refractivity contribution >= 4 is 57.4 Å². The van der Waals surface area contributed by atoms with E-state index in [-0.39, 0.29) is 5.69 Å². The van der Waals surface area contributed by atoms with Crippen molar-refractivity contribution in [1.29, 1.82) is 0 Å². The summed E-state index contributed by atoms with van der Waals surface area (Å²) in [6.45, 7) is 0. The number of Topliss-reactive ketones (excluding diaryl/α,β-unsaturated/α-hetero) is 1. The number of aromatic amines is 1. The van der Waals surface area contributed by atoms with Crippen molar-refractivity contribution < 1.29 is 4.79 Å². The molecule has 3 rings (SSSR count). The first-order chi connectivity index (χ1) is 8.48. The number of rotatable bonds is 1.